The number of likely N-dealkylation sites (N-methyl/N-ethyl adjacent to an activating group) is 2. The Morgan fingerprint density at radius 2 is 1.90 bits per heavy atom. The first-order chi connectivity index (χ1) is 14.5. The number of hydrogen-bond donors (Lipinski definition) is 1. The summed E-state index contributed by atoms with van der Waals surface area (Å²) in [5.74, 6) is 0.930. The molecular weight excluding hydrogens is 392 g/mol. The lowest BCUT2D eigenvalue weighted by molar-refractivity contribution is -0.128. The number of amides is 1. The number of carbonyl (C=O) groups is 1. The van der Waals surface area contributed by atoms with Gasteiger partial charge < -0.3 is 15.0 Å². The summed E-state index contributed by atoms with van der Waals surface area (Å²) < 4.78 is 5.46. The topological polar surface area (TPSA) is 41.6 Å². The van der Waals surface area contributed by atoms with E-state index in [1.807, 2.05) is 26.2 Å². The molecule has 0 saturated heterocycles. The molecule has 3 rings (SSSR count). The number of benzene rings is 2. The summed E-state index contributed by atoms with van der Waals surface area (Å²) in [5.41, 5.74) is 6.81. The second kappa shape index (κ2) is 10.0. The molecule has 0 aliphatic heterocycles. The summed E-state index contributed by atoms with van der Waals surface area (Å²) in [6.45, 7) is 3.59. The van der Waals surface area contributed by atoms with E-state index in [0.29, 0.717) is 13.0 Å². The van der Waals surface area contributed by atoms with Crippen LogP contribution in [0.5, 0.6) is 5.75 Å². The predicted octanol–water partition coefficient (Wildman–Crippen LogP) is 4.81. The first-order valence-corrected chi connectivity index (χ1v) is 11.3. The zero-order valence-electron chi connectivity index (χ0n) is 18.4. The molecule has 2 aromatic rings. The van der Waals surface area contributed by atoms with Crippen LogP contribution in [-0.4, -0.2) is 51.4 Å². The SMILES string of the molecule is CNCCN(C)C(=O)CC1=C(C)/C(=C/c2ccc(SC)cc2)c2ccc(OC)cc21. The third kappa shape index (κ3) is 4.79. The fraction of sp³-hybridized carbons (Fsp3) is 0.320. The van der Waals surface area contributed by atoms with Gasteiger partial charge in [-0.2, -0.15) is 0 Å². The van der Waals surface area contributed by atoms with E-state index in [2.05, 4.69) is 54.9 Å². The molecule has 158 valence electrons. The molecule has 1 aliphatic rings. The van der Waals surface area contributed by atoms with Gasteiger partial charge in [0.25, 0.3) is 0 Å². The summed E-state index contributed by atoms with van der Waals surface area (Å²) in [6, 6.07) is 14.7. The summed E-state index contributed by atoms with van der Waals surface area (Å²) in [5, 5.41) is 3.10. The minimum atomic E-state index is 0.124. The van der Waals surface area contributed by atoms with Crippen molar-refractivity contribution in [1.29, 1.82) is 0 Å². The maximum Gasteiger partial charge on any atom is 0.226 e. The second-order valence-corrected chi connectivity index (χ2v) is 8.32. The van der Waals surface area contributed by atoms with Crippen LogP contribution in [0.25, 0.3) is 17.2 Å². The Kier molecular flexibility index (Phi) is 7.40. The molecule has 0 radical (unpaired) electrons. The number of allylic oxidation sites excluding steroid dienone is 2. The maximum atomic E-state index is 12.9. The number of nitrogens with zero attached hydrogens (tertiary/aromatic N) is 1. The fourth-order valence-corrected chi connectivity index (χ4v) is 4.08. The minimum Gasteiger partial charge on any atom is -0.497 e. The average molecular weight is 423 g/mol. The summed E-state index contributed by atoms with van der Waals surface area (Å²) >= 11 is 1.74. The van der Waals surface area contributed by atoms with Crippen molar-refractivity contribution in [3.05, 3.63) is 64.7 Å². The summed E-state index contributed by atoms with van der Waals surface area (Å²) in [4.78, 5) is 15.9. The molecule has 1 aliphatic carbocycles. The molecule has 0 unspecified atom stereocenters. The van der Waals surface area contributed by atoms with E-state index < -0.39 is 0 Å². The Balaban J connectivity index is 1.99. The highest BCUT2D eigenvalue weighted by Gasteiger charge is 2.26. The first-order valence-electron chi connectivity index (χ1n) is 10.1. The highest BCUT2D eigenvalue weighted by molar-refractivity contribution is 7.98. The van der Waals surface area contributed by atoms with Crippen molar-refractivity contribution < 1.29 is 9.53 Å². The highest BCUT2D eigenvalue weighted by atomic mass is 32.2. The Bertz CT molecular complexity index is 977. The van der Waals surface area contributed by atoms with Crippen LogP contribution in [0, 0.1) is 0 Å². The molecule has 0 bridgehead atoms. The van der Waals surface area contributed by atoms with Gasteiger partial charge in [0.1, 0.15) is 5.75 Å². The Morgan fingerprint density at radius 3 is 2.53 bits per heavy atom. The van der Waals surface area contributed by atoms with E-state index in [1.54, 1.807) is 23.8 Å². The molecule has 30 heavy (non-hydrogen) atoms. The van der Waals surface area contributed by atoms with E-state index in [4.69, 9.17) is 4.74 Å². The largest absolute Gasteiger partial charge is 0.497 e. The van der Waals surface area contributed by atoms with Crippen LogP contribution >= 0.6 is 11.8 Å². The van der Waals surface area contributed by atoms with Gasteiger partial charge in [0, 0.05) is 25.0 Å². The van der Waals surface area contributed by atoms with Crippen LogP contribution in [0.15, 0.2) is 52.9 Å². The Hall–Kier alpha value is -2.50. The molecule has 0 aromatic heterocycles. The first kappa shape index (κ1) is 22.2. The molecule has 0 saturated carbocycles. The summed E-state index contributed by atoms with van der Waals surface area (Å²) in [7, 11) is 5.43. The smallest absolute Gasteiger partial charge is 0.226 e. The molecule has 1 amide bonds. The van der Waals surface area contributed by atoms with Crippen LogP contribution in [0.2, 0.25) is 0 Å². The van der Waals surface area contributed by atoms with E-state index in [-0.39, 0.29) is 5.91 Å². The number of carbonyl (C=O) groups excluding carboxylic acids is 1. The van der Waals surface area contributed by atoms with Gasteiger partial charge in [0.15, 0.2) is 0 Å². The maximum absolute atomic E-state index is 12.9. The van der Waals surface area contributed by atoms with Gasteiger partial charge in [-0.15, -0.1) is 11.8 Å². The van der Waals surface area contributed by atoms with Gasteiger partial charge in [0.05, 0.1) is 13.5 Å². The highest BCUT2D eigenvalue weighted by Crippen LogP contribution is 2.45. The van der Waals surface area contributed by atoms with Crippen LogP contribution in [0.4, 0.5) is 0 Å². The second-order valence-electron chi connectivity index (χ2n) is 7.44. The van der Waals surface area contributed by atoms with Crippen LogP contribution < -0.4 is 10.1 Å². The molecule has 0 atom stereocenters. The van der Waals surface area contributed by atoms with Crippen molar-refractivity contribution in [1.82, 2.24) is 10.2 Å². The standard InChI is InChI=1S/C25H30N2O2S/c1-17-22(14-18-6-9-20(30-5)10-7-18)21-11-8-19(29-4)15-24(21)23(17)16-25(28)27(3)13-12-26-2/h6-11,14-15,26H,12-13,16H2,1-5H3/b22-14-. The predicted molar refractivity (Wildman–Crippen MR) is 128 cm³/mol. The number of methoxy groups -OCH3 is 1. The number of rotatable bonds is 8. The monoisotopic (exact) mass is 422 g/mol. The number of thioether (sulfide) groups is 1. The van der Waals surface area contributed by atoms with Gasteiger partial charge in [-0.25, -0.2) is 0 Å². The minimum absolute atomic E-state index is 0.124. The van der Waals surface area contributed by atoms with Gasteiger partial charge in [-0.05, 0) is 84.0 Å². The molecule has 5 heteroatoms. The molecule has 1 N–H and O–H groups in total. The lowest BCUT2D eigenvalue weighted by atomic mass is 10.0. The lowest BCUT2D eigenvalue weighted by Gasteiger charge is -2.18. The van der Waals surface area contributed by atoms with Gasteiger partial charge in [-0.1, -0.05) is 18.2 Å². The zero-order valence-corrected chi connectivity index (χ0v) is 19.2. The zero-order chi connectivity index (χ0) is 21.7. The molecule has 2 aromatic carbocycles. The van der Waals surface area contributed by atoms with E-state index in [0.717, 1.165) is 40.1 Å². The van der Waals surface area contributed by atoms with Crippen molar-refractivity contribution in [3.8, 4) is 5.75 Å². The number of nitrogens with one attached hydrogen (secondary N) is 1. The molecule has 0 heterocycles. The average Bonchev–Trinajstić information content (AvgIpc) is 3.02. The van der Waals surface area contributed by atoms with Crippen molar-refractivity contribution in [2.75, 3.05) is 40.6 Å². The van der Waals surface area contributed by atoms with Crippen LogP contribution in [-0.2, 0) is 4.79 Å². The lowest BCUT2D eigenvalue weighted by Crippen LogP contribution is -2.32. The van der Waals surface area contributed by atoms with Crippen LogP contribution in [0.3, 0.4) is 0 Å². The quantitative estimate of drug-likeness (QED) is 0.620. The van der Waals surface area contributed by atoms with Gasteiger partial charge in [0.2, 0.25) is 5.91 Å². The molecule has 4 nitrogen and oxygen atoms in total. The third-order valence-electron chi connectivity index (χ3n) is 5.58. The van der Waals surface area contributed by atoms with Gasteiger partial charge in [-0.3, -0.25) is 4.79 Å². The fourth-order valence-electron chi connectivity index (χ4n) is 3.67. The molecular formula is C25H30N2O2S. The van der Waals surface area contributed by atoms with Crippen molar-refractivity contribution >= 4 is 34.9 Å². The van der Waals surface area contributed by atoms with E-state index >= 15 is 0 Å². The van der Waals surface area contributed by atoms with E-state index in [9.17, 15) is 4.79 Å². The van der Waals surface area contributed by atoms with Crippen molar-refractivity contribution in [3.63, 3.8) is 0 Å². The summed E-state index contributed by atoms with van der Waals surface area (Å²) in [6.07, 6.45) is 4.68. The molecule has 0 spiro atoms. The van der Waals surface area contributed by atoms with Crippen molar-refractivity contribution in [2.45, 2.75) is 18.2 Å². The Labute approximate surface area is 184 Å². The number of ether oxygens (including phenoxy) is 1. The van der Waals surface area contributed by atoms with Gasteiger partial charge >= 0.3 is 0 Å². The van der Waals surface area contributed by atoms with Crippen molar-refractivity contribution in [2.24, 2.45) is 0 Å². The van der Waals surface area contributed by atoms with Crippen LogP contribution in [0.1, 0.15) is 30.0 Å². The third-order valence-corrected chi connectivity index (χ3v) is 6.32. The van der Waals surface area contributed by atoms with E-state index in [1.165, 1.54) is 10.5 Å². The number of hydrogen-bond acceptors (Lipinski definition) is 4. The Morgan fingerprint density at radius 1 is 1.17 bits per heavy atom. The normalized spacial score (nSPS) is 14.2. The molecule has 0 fully saturated rings. The number of fused-ring (bicyclic) bond motifs is 1.